The number of likely N-dealkylation sites (N-methyl/N-ethyl adjacent to an activating group) is 1. The quantitative estimate of drug-likeness (QED) is 0.101. The van der Waals surface area contributed by atoms with E-state index in [0.29, 0.717) is 31.8 Å². The minimum atomic E-state index is -0.675. The standard InChI is InChI=1S/C22H35N5O4.C7H16N2O.C4H10.C2H6.C2H4.CH4/c1-6-9-17(23-5)13-24-20(29)14-25-21(30)15(3)18(10-7-2)26-22(31)19-11-8-12-27(19)16(4)28;1-5(2)6(3)9-7(10)8-4;1-3-4-2;2*1-2;/h6-7,9,17-19,23H,2-3,8,10-14H2,1,4-5H3,(H,24,29)(H,25,30)(H,26,31);5-6H,1-4H3,(H2,8,9,10);3-4H2,1-2H3;1-2H3;1-2H2;1H4/b9-6-;;;;;. The summed E-state index contributed by atoms with van der Waals surface area (Å²) < 4.78 is 0. The third-order valence-electron chi connectivity index (χ3n) is 7.20. The first-order valence-corrected chi connectivity index (χ1v) is 17.4. The van der Waals surface area contributed by atoms with Crippen LogP contribution in [0.2, 0.25) is 0 Å². The van der Waals surface area contributed by atoms with Gasteiger partial charge in [-0.05, 0) is 46.1 Å². The van der Waals surface area contributed by atoms with Gasteiger partial charge in [-0.25, -0.2) is 4.79 Å². The Labute approximate surface area is 305 Å². The summed E-state index contributed by atoms with van der Waals surface area (Å²) in [5, 5.41) is 16.4. The van der Waals surface area contributed by atoms with E-state index in [-0.39, 0.29) is 55.4 Å². The van der Waals surface area contributed by atoms with Crippen LogP contribution in [0.3, 0.4) is 0 Å². The van der Waals surface area contributed by atoms with Crippen LogP contribution in [0.4, 0.5) is 4.79 Å². The van der Waals surface area contributed by atoms with Gasteiger partial charge < -0.3 is 36.8 Å². The highest BCUT2D eigenvalue weighted by Gasteiger charge is 2.34. The number of carbonyl (C=O) groups excluding carboxylic acids is 5. The zero-order valence-corrected chi connectivity index (χ0v) is 32.6. The first kappa shape index (κ1) is 55.5. The van der Waals surface area contributed by atoms with Crippen molar-refractivity contribution in [3.63, 3.8) is 0 Å². The zero-order chi connectivity index (χ0) is 38.9. The average molecular weight is 710 g/mol. The molecule has 0 aromatic rings. The molecular formula is C38H75N7O5. The Morgan fingerprint density at radius 1 is 0.960 bits per heavy atom. The summed E-state index contributed by atoms with van der Waals surface area (Å²) in [6.45, 7) is 32.0. The first-order chi connectivity index (χ1) is 23.2. The van der Waals surface area contributed by atoms with Gasteiger partial charge in [0.1, 0.15) is 6.04 Å². The predicted molar refractivity (Wildman–Crippen MR) is 212 cm³/mol. The van der Waals surface area contributed by atoms with E-state index in [1.54, 1.807) is 20.2 Å². The van der Waals surface area contributed by atoms with Crippen molar-refractivity contribution >= 4 is 29.7 Å². The lowest BCUT2D eigenvalue weighted by Gasteiger charge is -2.26. The highest BCUT2D eigenvalue weighted by molar-refractivity contribution is 5.97. The van der Waals surface area contributed by atoms with E-state index in [0.717, 1.165) is 6.42 Å². The molecule has 4 atom stereocenters. The van der Waals surface area contributed by atoms with E-state index in [1.165, 1.54) is 24.7 Å². The SMILES string of the molecule is C.C=C.C=CCC(NC(=O)C1CCCN1C(C)=O)C(=C)C(=O)NCC(=O)NCC(/C=C\C)NC.CC.CCCC.CNC(=O)NC(C)C(C)C. The minimum absolute atomic E-state index is 0. The summed E-state index contributed by atoms with van der Waals surface area (Å²) in [5.41, 5.74) is 0.121. The Morgan fingerprint density at radius 3 is 1.94 bits per heavy atom. The molecule has 1 aliphatic rings. The van der Waals surface area contributed by atoms with E-state index in [4.69, 9.17) is 0 Å². The van der Waals surface area contributed by atoms with Crippen molar-refractivity contribution in [3.8, 4) is 0 Å². The maximum Gasteiger partial charge on any atom is 0.314 e. The minimum Gasteiger partial charge on any atom is -0.353 e. The Kier molecular flexibility index (Phi) is 40.3. The van der Waals surface area contributed by atoms with Crippen LogP contribution in [-0.2, 0) is 19.2 Å². The third-order valence-corrected chi connectivity index (χ3v) is 7.20. The fourth-order valence-electron chi connectivity index (χ4n) is 3.80. The lowest BCUT2D eigenvalue weighted by molar-refractivity contribution is -0.137. The van der Waals surface area contributed by atoms with Crippen LogP contribution in [0.15, 0.2) is 50.1 Å². The number of unbranched alkanes of at least 4 members (excludes halogenated alkanes) is 1. The van der Waals surface area contributed by atoms with Crippen molar-refractivity contribution < 1.29 is 24.0 Å². The van der Waals surface area contributed by atoms with Crippen molar-refractivity contribution in [2.45, 2.75) is 126 Å². The molecule has 1 heterocycles. The van der Waals surface area contributed by atoms with E-state index in [1.807, 2.05) is 39.8 Å². The molecule has 292 valence electrons. The second-order valence-corrected chi connectivity index (χ2v) is 11.1. The summed E-state index contributed by atoms with van der Waals surface area (Å²) in [5.74, 6) is -0.866. The molecule has 1 aliphatic heterocycles. The van der Waals surface area contributed by atoms with Crippen LogP contribution in [-0.4, -0.2) is 92.5 Å². The molecule has 0 aromatic carbocycles. The van der Waals surface area contributed by atoms with Crippen molar-refractivity contribution in [2.75, 3.05) is 33.7 Å². The summed E-state index contributed by atoms with van der Waals surface area (Å²) in [6.07, 6.45) is 9.64. The van der Waals surface area contributed by atoms with E-state index in [2.05, 4.69) is 85.9 Å². The molecule has 0 bridgehead atoms. The zero-order valence-electron chi connectivity index (χ0n) is 32.6. The van der Waals surface area contributed by atoms with Gasteiger partial charge in [-0.2, -0.15) is 0 Å². The van der Waals surface area contributed by atoms with Crippen molar-refractivity contribution in [1.29, 1.82) is 0 Å². The molecule has 1 fully saturated rings. The molecule has 0 radical (unpaired) electrons. The molecule has 0 saturated carbocycles. The van der Waals surface area contributed by atoms with Gasteiger partial charge in [-0.1, -0.05) is 86.6 Å². The Balaban J connectivity index is -0.000000295. The number of amides is 6. The number of nitrogens with one attached hydrogen (secondary N) is 6. The van der Waals surface area contributed by atoms with Gasteiger partial charge in [0.05, 0.1) is 12.6 Å². The van der Waals surface area contributed by atoms with Crippen molar-refractivity contribution in [2.24, 2.45) is 5.92 Å². The lowest BCUT2D eigenvalue weighted by Crippen LogP contribution is -2.50. The number of hydrogen-bond donors (Lipinski definition) is 6. The molecule has 1 saturated heterocycles. The van der Waals surface area contributed by atoms with Gasteiger partial charge in [0.2, 0.25) is 23.6 Å². The first-order valence-electron chi connectivity index (χ1n) is 17.4. The van der Waals surface area contributed by atoms with Gasteiger partial charge in [0, 0.05) is 44.7 Å². The summed E-state index contributed by atoms with van der Waals surface area (Å²) in [4.78, 5) is 61.1. The molecule has 6 amide bonds. The molecule has 0 aromatic heterocycles. The van der Waals surface area contributed by atoms with Crippen molar-refractivity contribution in [1.82, 2.24) is 36.8 Å². The molecule has 0 aliphatic carbocycles. The van der Waals surface area contributed by atoms with Crippen LogP contribution in [0, 0.1) is 5.92 Å². The van der Waals surface area contributed by atoms with Gasteiger partial charge in [0.25, 0.3) is 0 Å². The fraction of sp³-hybridized carbons (Fsp3) is 0.658. The Morgan fingerprint density at radius 2 is 1.52 bits per heavy atom. The van der Waals surface area contributed by atoms with Crippen molar-refractivity contribution in [3.05, 3.63) is 50.1 Å². The number of allylic oxidation sites excluding steroid dienone is 1. The Hall–Kier alpha value is -3.93. The Bertz CT molecular complexity index is 983. The number of likely N-dealkylation sites (tertiary alicyclic amines) is 1. The van der Waals surface area contributed by atoms with Crippen LogP contribution in [0.25, 0.3) is 0 Å². The third kappa shape index (κ3) is 27.0. The molecule has 1 rings (SSSR count). The molecule has 50 heavy (non-hydrogen) atoms. The predicted octanol–water partition coefficient (Wildman–Crippen LogP) is 5.24. The van der Waals surface area contributed by atoms with Gasteiger partial charge in [-0.3, -0.25) is 19.2 Å². The second kappa shape index (κ2) is 36.4. The summed E-state index contributed by atoms with van der Waals surface area (Å²) in [7, 11) is 3.40. The molecule has 12 nitrogen and oxygen atoms in total. The van der Waals surface area contributed by atoms with Gasteiger partial charge in [0.15, 0.2) is 0 Å². The lowest BCUT2D eigenvalue weighted by atomic mass is 10.0. The highest BCUT2D eigenvalue weighted by atomic mass is 16.2. The monoisotopic (exact) mass is 710 g/mol. The van der Waals surface area contributed by atoms with E-state index in [9.17, 15) is 24.0 Å². The summed E-state index contributed by atoms with van der Waals surface area (Å²) >= 11 is 0. The topological polar surface area (TPSA) is 161 Å². The fourth-order valence-corrected chi connectivity index (χ4v) is 3.80. The number of nitrogens with zero attached hydrogens (tertiary/aromatic N) is 1. The summed E-state index contributed by atoms with van der Waals surface area (Å²) in [6, 6.07) is -1.10. The maximum absolute atomic E-state index is 12.7. The number of carbonyl (C=O) groups is 5. The number of urea groups is 1. The molecule has 6 N–H and O–H groups in total. The van der Waals surface area contributed by atoms with Gasteiger partial charge >= 0.3 is 6.03 Å². The number of hydrogen-bond acceptors (Lipinski definition) is 6. The van der Waals surface area contributed by atoms with Crippen LogP contribution < -0.4 is 31.9 Å². The van der Waals surface area contributed by atoms with Crippen LogP contribution in [0.5, 0.6) is 0 Å². The van der Waals surface area contributed by atoms with E-state index >= 15 is 0 Å². The van der Waals surface area contributed by atoms with Crippen LogP contribution in [0.1, 0.15) is 102 Å². The second-order valence-electron chi connectivity index (χ2n) is 11.1. The number of rotatable bonds is 15. The average Bonchev–Trinajstić information content (AvgIpc) is 3.61. The smallest absolute Gasteiger partial charge is 0.314 e. The normalized spacial score (nSPS) is 14.3. The molecule has 4 unspecified atom stereocenters. The highest BCUT2D eigenvalue weighted by Crippen LogP contribution is 2.18. The molecule has 12 heteroatoms. The molecular weight excluding hydrogens is 634 g/mol. The van der Waals surface area contributed by atoms with Crippen LogP contribution >= 0.6 is 0 Å². The van der Waals surface area contributed by atoms with E-state index < -0.39 is 18.0 Å². The van der Waals surface area contributed by atoms with Gasteiger partial charge in [-0.15, -0.1) is 19.7 Å². The largest absolute Gasteiger partial charge is 0.353 e. The molecule has 0 spiro atoms. The maximum atomic E-state index is 12.7.